The van der Waals surface area contributed by atoms with E-state index >= 15 is 0 Å². The van der Waals surface area contributed by atoms with Crippen LogP contribution >= 0.6 is 12.2 Å². The van der Waals surface area contributed by atoms with E-state index in [1.807, 2.05) is 0 Å². The number of nitrogens with one attached hydrogen (secondary N) is 3. The van der Waals surface area contributed by atoms with Crippen molar-refractivity contribution < 1.29 is 9.59 Å². The van der Waals surface area contributed by atoms with Crippen molar-refractivity contribution in [3.05, 3.63) is 29.8 Å². The number of anilines is 1. The zero-order valence-corrected chi connectivity index (χ0v) is 11.9. The number of benzene rings is 1. The number of hydrogen-bond donors (Lipinski definition) is 3. The second-order valence-electron chi connectivity index (χ2n) is 4.26. The number of carbonyl (C=O) groups excluding carboxylic acids is 2. The molecule has 0 spiro atoms. The normalized spacial score (nSPS) is 9.89. The number of carbonyl (C=O) groups is 2. The molecule has 19 heavy (non-hydrogen) atoms. The molecular formula is C13H17N3O2S. The van der Waals surface area contributed by atoms with Crippen molar-refractivity contribution in [2.75, 3.05) is 12.4 Å². The second kappa shape index (κ2) is 6.84. The summed E-state index contributed by atoms with van der Waals surface area (Å²) < 4.78 is 0. The third kappa shape index (κ3) is 4.67. The predicted octanol–water partition coefficient (Wildman–Crippen LogP) is 1.52. The smallest absolute Gasteiger partial charge is 0.251 e. The Balaban J connectivity index is 2.69. The Kier molecular flexibility index (Phi) is 5.44. The van der Waals surface area contributed by atoms with Gasteiger partial charge in [-0.1, -0.05) is 19.9 Å². The molecule has 0 atom stereocenters. The van der Waals surface area contributed by atoms with E-state index in [0.717, 1.165) is 0 Å². The van der Waals surface area contributed by atoms with Crippen LogP contribution in [0.25, 0.3) is 0 Å². The minimum absolute atomic E-state index is 0.142. The lowest BCUT2D eigenvalue weighted by atomic mass is 10.2. The summed E-state index contributed by atoms with van der Waals surface area (Å²) in [6.45, 7) is 3.56. The molecule has 1 aromatic rings. The zero-order chi connectivity index (χ0) is 14.4. The molecule has 0 saturated carbocycles. The molecule has 5 nitrogen and oxygen atoms in total. The Morgan fingerprint density at radius 1 is 1.26 bits per heavy atom. The van der Waals surface area contributed by atoms with Gasteiger partial charge >= 0.3 is 0 Å². The predicted molar refractivity (Wildman–Crippen MR) is 79.0 cm³/mol. The molecule has 2 amide bonds. The van der Waals surface area contributed by atoms with Crippen LogP contribution in [0.1, 0.15) is 24.2 Å². The van der Waals surface area contributed by atoms with E-state index in [1.54, 1.807) is 45.2 Å². The highest BCUT2D eigenvalue weighted by atomic mass is 32.1. The summed E-state index contributed by atoms with van der Waals surface area (Å²) in [5, 5.41) is 8.19. The van der Waals surface area contributed by atoms with E-state index in [2.05, 4.69) is 16.0 Å². The van der Waals surface area contributed by atoms with Crippen molar-refractivity contribution in [3.8, 4) is 0 Å². The van der Waals surface area contributed by atoms with Gasteiger partial charge in [-0.2, -0.15) is 0 Å². The van der Waals surface area contributed by atoms with Crippen LogP contribution in [0, 0.1) is 5.92 Å². The van der Waals surface area contributed by atoms with Crippen molar-refractivity contribution in [2.24, 2.45) is 5.92 Å². The summed E-state index contributed by atoms with van der Waals surface area (Å²) in [6.07, 6.45) is 0. The van der Waals surface area contributed by atoms with E-state index in [4.69, 9.17) is 12.2 Å². The van der Waals surface area contributed by atoms with Gasteiger partial charge in [0.05, 0.1) is 0 Å². The van der Waals surface area contributed by atoms with Crippen molar-refractivity contribution in [3.63, 3.8) is 0 Å². The molecule has 0 bridgehead atoms. The summed E-state index contributed by atoms with van der Waals surface area (Å²) in [4.78, 5) is 22.9. The minimum Gasteiger partial charge on any atom is -0.355 e. The van der Waals surface area contributed by atoms with Gasteiger partial charge in [-0.15, -0.1) is 0 Å². The summed E-state index contributed by atoms with van der Waals surface area (Å²) >= 11 is 5.03. The first-order valence-corrected chi connectivity index (χ1v) is 6.29. The van der Waals surface area contributed by atoms with Crippen molar-refractivity contribution in [2.45, 2.75) is 13.8 Å². The highest BCUT2D eigenvalue weighted by molar-refractivity contribution is 7.80. The monoisotopic (exact) mass is 279 g/mol. The number of rotatable bonds is 3. The lowest BCUT2D eigenvalue weighted by Gasteiger charge is -2.11. The molecule has 0 aliphatic rings. The third-order valence-corrected chi connectivity index (χ3v) is 2.57. The Labute approximate surface area is 117 Å². The van der Waals surface area contributed by atoms with Crippen LogP contribution in [0.5, 0.6) is 0 Å². The number of amides is 2. The number of thiocarbonyl (C=S) groups is 1. The molecule has 102 valence electrons. The van der Waals surface area contributed by atoms with E-state index < -0.39 is 0 Å². The van der Waals surface area contributed by atoms with Gasteiger partial charge in [0.15, 0.2) is 5.11 Å². The highest BCUT2D eigenvalue weighted by Gasteiger charge is 2.09. The molecule has 0 aromatic heterocycles. The average Bonchev–Trinajstić information content (AvgIpc) is 2.37. The van der Waals surface area contributed by atoms with Crippen LogP contribution in [0.2, 0.25) is 0 Å². The molecule has 0 heterocycles. The van der Waals surface area contributed by atoms with Gasteiger partial charge in [0.1, 0.15) is 0 Å². The molecule has 0 saturated heterocycles. The van der Waals surface area contributed by atoms with Gasteiger partial charge in [0.2, 0.25) is 5.91 Å². The molecule has 0 aliphatic carbocycles. The van der Waals surface area contributed by atoms with Gasteiger partial charge < -0.3 is 16.0 Å². The SMILES string of the molecule is CNC(=O)c1cccc(NC(=S)NC(=O)C(C)C)c1. The Bertz CT molecular complexity index is 500. The molecule has 1 rings (SSSR count). The fourth-order valence-corrected chi connectivity index (χ4v) is 1.52. The van der Waals surface area contributed by atoms with Gasteiger partial charge in [-0.05, 0) is 30.4 Å². The van der Waals surface area contributed by atoms with E-state index in [1.165, 1.54) is 0 Å². The molecule has 0 radical (unpaired) electrons. The topological polar surface area (TPSA) is 70.2 Å². The summed E-state index contributed by atoms with van der Waals surface area (Å²) in [7, 11) is 1.57. The summed E-state index contributed by atoms with van der Waals surface area (Å²) in [6, 6.07) is 6.85. The maximum absolute atomic E-state index is 11.5. The fourth-order valence-electron chi connectivity index (χ4n) is 1.30. The van der Waals surface area contributed by atoms with Gasteiger partial charge in [0.25, 0.3) is 5.91 Å². The quantitative estimate of drug-likeness (QED) is 0.734. The second-order valence-corrected chi connectivity index (χ2v) is 4.67. The van der Waals surface area contributed by atoms with Gasteiger partial charge in [-0.25, -0.2) is 0 Å². The van der Waals surface area contributed by atoms with Crippen molar-refractivity contribution in [1.29, 1.82) is 0 Å². The lowest BCUT2D eigenvalue weighted by Crippen LogP contribution is -2.36. The Hall–Kier alpha value is -1.95. The first-order chi connectivity index (χ1) is 8.93. The molecular weight excluding hydrogens is 262 g/mol. The van der Waals surface area contributed by atoms with Crippen molar-refractivity contribution >= 4 is 34.8 Å². The molecule has 3 N–H and O–H groups in total. The zero-order valence-electron chi connectivity index (χ0n) is 11.1. The van der Waals surface area contributed by atoms with E-state index in [-0.39, 0.29) is 22.8 Å². The third-order valence-electron chi connectivity index (χ3n) is 2.37. The van der Waals surface area contributed by atoms with Crippen LogP contribution in [0.4, 0.5) is 5.69 Å². The maximum atomic E-state index is 11.5. The lowest BCUT2D eigenvalue weighted by molar-refractivity contribution is -0.122. The first-order valence-electron chi connectivity index (χ1n) is 5.88. The minimum atomic E-state index is -0.180. The number of hydrogen-bond acceptors (Lipinski definition) is 3. The Morgan fingerprint density at radius 2 is 1.95 bits per heavy atom. The van der Waals surface area contributed by atoms with E-state index in [9.17, 15) is 9.59 Å². The largest absolute Gasteiger partial charge is 0.355 e. The summed E-state index contributed by atoms with van der Waals surface area (Å²) in [5.41, 5.74) is 1.17. The van der Waals surface area contributed by atoms with Crippen LogP contribution < -0.4 is 16.0 Å². The molecule has 0 fully saturated rings. The molecule has 6 heteroatoms. The van der Waals surface area contributed by atoms with Crippen LogP contribution in [-0.4, -0.2) is 24.0 Å². The average molecular weight is 279 g/mol. The van der Waals surface area contributed by atoms with Crippen LogP contribution in [0.3, 0.4) is 0 Å². The van der Waals surface area contributed by atoms with Crippen LogP contribution in [0.15, 0.2) is 24.3 Å². The summed E-state index contributed by atoms with van der Waals surface area (Å²) in [5.74, 6) is -0.474. The van der Waals surface area contributed by atoms with Crippen LogP contribution in [-0.2, 0) is 4.79 Å². The fraction of sp³-hybridized carbons (Fsp3) is 0.308. The van der Waals surface area contributed by atoms with Gasteiger partial charge in [0, 0.05) is 24.2 Å². The van der Waals surface area contributed by atoms with Crippen molar-refractivity contribution in [1.82, 2.24) is 10.6 Å². The maximum Gasteiger partial charge on any atom is 0.251 e. The Morgan fingerprint density at radius 3 is 2.53 bits per heavy atom. The standard InChI is InChI=1S/C13H17N3O2S/c1-8(2)11(17)16-13(19)15-10-6-4-5-9(7-10)12(18)14-3/h4-8H,1-3H3,(H,14,18)(H2,15,16,17,19). The molecule has 0 aliphatic heterocycles. The van der Waals surface area contributed by atoms with Gasteiger partial charge in [-0.3, -0.25) is 9.59 Å². The highest BCUT2D eigenvalue weighted by Crippen LogP contribution is 2.10. The molecule has 0 unspecified atom stereocenters. The first kappa shape index (κ1) is 15.1. The van der Waals surface area contributed by atoms with E-state index in [0.29, 0.717) is 11.3 Å². The molecule has 1 aromatic carbocycles.